The fourth-order valence-corrected chi connectivity index (χ4v) is 2.45. The molecule has 1 saturated carbocycles. The Labute approximate surface area is 82.5 Å². The number of hydrogen-bond acceptors (Lipinski definition) is 1. The molecule has 0 saturated heterocycles. The quantitative estimate of drug-likeness (QED) is 0.695. The molecule has 1 atom stereocenters. The van der Waals surface area contributed by atoms with Gasteiger partial charge in [-0.05, 0) is 24.2 Å². The van der Waals surface area contributed by atoms with Gasteiger partial charge in [0.2, 0.25) is 0 Å². The van der Waals surface area contributed by atoms with Gasteiger partial charge in [-0.25, -0.2) is 0 Å². The molecule has 1 rings (SSSR count). The predicted molar refractivity (Wildman–Crippen MR) is 56.6 cm³/mol. The van der Waals surface area contributed by atoms with Crippen molar-refractivity contribution in [3.05, 3.63) is 0 Å². The van der Waals surface area contributed by atoms with Crippen molar-refractivity contribution < 1.29 is 5.11 Å². The zero-order valence-electron chi connectivity index (χ0n) is 9.13. The topological polar surface area (TPSA) is 20.2 Å². The Morgan fingerprint density at radius 3 is 2.23 bits per heavy atom. The molecule has 1 N–H and O–H groups in total. The Balaban J connectivity index is 2.24. The lowest BCUT2D eigenvalue weighted by atomic mass is 9.86. The molecule has 13 heavy (non-hydrogen) atoms. The average molecular weight is 184 g/mol. The minimum Gasteiger partial charge on any atom is -0.396 e. The summed E-state index contributed by atoms with van der Waals surface area (Å²) in [5.74, 6) is 2.23. The summed E-state index contributed by atoms with van der Waals surface area (Å²) in [5.41, 5.74) is 0. The molecular weight excluding hydrogens is 160 g/mol. The van der Waals surface area contributed by atoms with Gasteiger partial charge in [-0.1, -0.05) is 46.0 Å². The van der Waals surface area contributed by atoms with Crippen LogP contribution in [0.15, 0.2) is 0 Å². The van der Waals surface area contributed by atoms with Crippen LogP contribution in [0.3, 0.4) is 0 Å². The lowest BCUT2D eigenvalue weighted by molar-refractivity contribution is 0.161. The van der Waals surface area contributed by atoms with Gasteiger partial charge in [-0.15, -0.1) is 0 Å². The summed E-state index contributed by atoms with van der Waals surface area (Å²) in [6.07, 6.45) is 8.03. The monoisotopic (exact) mass is 184 g/mol. The third kappa shape index (κ3) is 3.68. The van der Waals surface area contributed by atoms with Crippen LogP contribution in [0, 0.1) is 17.8 Å². The third-order valence-corrected chi connectivity index (χ3v) is 3.42. The fourth-order valence-electron chi connectivity index (χ4n) is 2.45. The van der Waals surface area contributed by atoms with E-state index >= 15 is 0 Å². The van der Waals surface area contributed by atoms with Gasteiger partial charge in [0.25, 0.3) is 0 Å². The Bertz CT molecular complexity index is 125. The molecule has 0 amide bonds. The van der Waals surface area contributed by atoms with Crippen LogP contribution in [0.2, 0.25) is 0 Å². The highest BCUT2D eigenvalue weighted by Gasteiger charge is 2.23. The van der Waals surface area contributed by atoms with Crippen molar-refractivity contribution in [1.82, 2.24) is 0 Å². The molecule has 1 unspecified atom stereocenters. The molecule has 1 fully saturated rings. The predicted octanol–water partition coefficient (Wildman–Crippen LogP) is 3.22. The van der Waals surface area contributed by atoms with Crippen molar-refractivity contribution in [3.63, 3.8) is 0 Å². The van der Waals surface area contributed by atoms with Crippen molar-refractivity contribution in [3.8, 4) is 0 Å². The second-order valence-corrected chi connectivity index (χ2v) is 4.96. The molecule has 0 radical (unpaired) electrons. The fraction of sp³-hybridized carbons (Fsp3) is 1.00. The second kappa shape index (κ2) is 5.64. The van der Waals surface area contributed by atoms with E-state index in [1.54, 1.807) is 0 Å². The van der Waals surface area contributed by atoms with Crippen LogP contribution in [0.1, 0.15) is 52.4 Å². The second-order valence-electron chi connectivity index (χ2n) is 4.96. The number of aliphatic hydroxyl groups is 1. The van der Waals surface area contributed by atoms with Crippen molar-refractivity contribution in [2.75, 3.05) is 6.61 Å². The summed E-state index contributed by atoms with van der Waals surface area (Å²) in [7, 11) is 0. The highest BCUT2D eigenvalue weighted by atomic mass is 16.3. The maximum absolute atomic E-state index is 9.30. The molecular formula is C12H24O. The van der Waals surface area contributed by atoms with E-state index in [1.165, 1.54) is 38.5 Å². The van der Waals surface area contributed by atoms with Gasteiger partial charge >= 0.3 is 0 Å². The van der Waals surface area contributed by atoms with Gasteiger partial charge in [-0.3, -0.25) is 0 Å². The Morgan fingerprint density at radius 1 is 1.15 bits per heavy atom. The molecule has 1 nitrogen and oxygen atoms in total. The SMILES string of the molecule is CC(C)CCC(CO)C1CCCC1. The summed E-state index contributed by atoms with van der Waals surface area (Å²) < 4.78 is 0. The number of hydrogen-bond donors (Lipinski definition) is 1. The third-order valence-electron chi connectivity index (χ3n) is 3.42. The average Bonchev–Trinajstić information content (AvgIpc) is 2.58. The smallest absolute Gasteiger partial charge is 0.0461 e. The Kier molecular flexibility index (Phi) is 4.79. The van der Waals surface area contributed by atoms with Gasteiger partial charge in [0.05, 0.1) is 0 Å². The molecule has 1 aliphatic rings. The Morgan fingerprint density at radius 2 is 1.77 bits per heavy atom. The summed E-state index contributed by atoms with van der Waals surface area (Å²) in [6.45, 7) is 4.95. The molecule has 1 aliphatic carbocycles. The van der Waals surface area contributed by atoms with Gasteiger partial charge in [0.15, 0.2) is 0 Å². The van der Waals surface area contributed by atoms with E-state index in [-0.39, 0.29) is 0 Å². The summed E-state index contributed by atoms with van der Waals surface area (Å²) in [4.78, 5) is 0. The first-order chi connectivity index (χ1) is 6.24. The van der Waals surface area contributed by atoms with E-state index in [9.17, 15) is 5.11 Å². The van der Waals surface area contributed by atoms with Crippen LogP contribution in [0.4, 0.5) is 0 Å². The van der Waals surface area contributed by atoms with Gasteiger partial charge < -0.3 is 5.11 Å². The zero-order valence-corrected chi connectivity index (χ0v) is 9.13. The molecule has 0 spiro atoms. The van der Waals surface area contributed by atoms with E-state index in [0.717, 1.165) is 11.8 Å². The van der Waals surface area contributed by atoms with Gasteiger partial charge in [0.1, 0.15) is 0 Å². The van der Waals surface area contributed by atoms with Crippen LogP contribution in [0.5, 0.6) is 0 Å². The molecule has 0 heterocycles. The summed E-state index contributed by atoms with van der Waals surface area (Å²) in [5, 5.41) is 9.30. The van der Waals surface area contributed by atoms with Gasteiger partial charge in [0, 0.05) is 6.61 Å². The normalized spacial score (nSPS) is 21.2. The molecule has 0 bridgehead atoms. The molecule has 1 heteroatoms. The van der Waals surface area contributed by atoms with Crippen LogP contribution in [-0.2, 0) is 0 Å². The summed E-state index contributed by atoms with van der Waals surface area (Å²) in [6, 6.07) is 0. The van der Waals surface area contributed by atoms with E-state index in [4.69, 9.17) is 0 Å². The number of rotatable bonds is 5. The van der Waals surface area contributed by atoms with E-state index in [1.807, 2.05) is 0 Å². The highest BCUT2D eigenvalue weighted by molar-refractivity contribution is 4.75. The van der Waals surface area contributed by atoms with Crippen molar-refractivity contribution >= 4 is 0 Å². The molecule has 0 aromatic rings. The first-order valence-corrected chi connectivity index (χ1v) is 5.85. The molecule has 0 aromatic carbocycles. The van der Waals surface area contributed by atoms with Crippen LogP contribution < -0.4 is 0 Å². The van der Waals surface area contributed by atoms with E-state index in [0.29, 0.717) is 12.5 Å². The van der Waals surface area contributed by atoms with Crippen LogP contribution in [-0.4, -0.2) is 11.7 Å². The first kappa shape index (κ1) is 11.0. The van der Waals surface area contributed by atoms with Crippen LogP contribution in [0.25, 0.3) is 0 Å². The largest absolute Gasteiger partial charge is 0.396 e. The lowest BCUT2D eigenvalue weighted by Gasteiger charge is -2.21. The van der Waals surface area contributed by atoms with E-state index < -0.39 is 0 Å². The number of aliphatic hydroxyl groups excluding tert-OH is 1. The van der Waals surface area contributed by atoms with E-state index in [2.05, 4.69) is 13.8 Å². The molecule has 78 valence electrons. The first-order valence-electron chi connectivity index (χ1n) is 5.85. The van der Waals surface area contributed by atoms with Crippen LogP contribution >= 0.6 is 0 Å². The lowest BCUT2D eigenvalue weighted by Crippen LogP contribution is -2.16. The molecule has 0 aliphatic heterocycles. The van der Waals surface area contributed by atoms with Crippen molar-refractivity contribution in [1.29, 1.82) is 0 Å². The van der Waals surface area contributed by atoms with Gasteiger partial charge in [-0.2, -0.15) is 0 Å². The standard InChI is InChI=1S/C12H24O/c1-10(2)7-8-12(9-13)11-5-3-4-6-11/h10-13H,3-9H2,1-2H3. The minimum absolute atomic E-state index is 0.414. The Hall–Kier alpha value is -0.0400. The van der Waals surface area contributed by atoms with Crippen molar-refractivity contribution in [2.45, 2.75) is 52.4 Å². The molecule has 0 aromatic heterocycles. The minimum atomic E-state index is 0.414. The zero-order chi connectivity index (χ0) is 9.68. The highest BCUT2D eigenvalue weighted by Crippen LogP contribution is 2.33. The maximum atomic E-state index is 9.30. The summed E-state index contributed by atoms with van der Waals surface area (Å²) >= 11 is 0. The van der Waals surface area contributed by atoms with Crippen molar-refractivity contribution in [2.24, 2.45) is 17.8 Å². The maximum Gasteiger partial charge on any atom is 0.0461 e.